The van der Waals surface area contributed by atoms with Crippen molar-refractivity contribution in [1.29, 1.82) is 0 Å². The Hall–Kier alpha value is -2.64. The molecule has 7 heteroatoms. The molecule has 146 valence electrons. The molecule has 1 unspecified atom stereocenters. The third kappa shape index (κ3) is 5.21. The summed E-state index contributed by atoms with van der Waals surface area (Å²) in [4.78, 5) is 27.3. The third-order valence-electron chi connectivity index (χ3n) is 4.41. The van der Waals surface area contributed by atoms with Crippen LogP contribution >= 0.6 is 11.8 Å². The third-order valence-corrected chi connectivity index (χ3v) is 5.39. The summed E-state index contributed by atoms with van der Waals surface area (Å²) in [7, 11) is 0. The van der Waals surface area contributed by atoms with Crippen molar-refractivity contribution in [2.24, 2.45) is 0 Å². The summed E-state index contributed by atoms with van der Waals surface area (Å²) in [6.45, 7) is 2.27. The number of ether oxygens (including phenoxy) is 1. The summed E-state index contributed by atoms with van der Waals surface area (Å²) in [6, 6.07) is 11.4. The molecule has 1 aliphatic rings. The maximum atomic E-state index is 11.7. The van der Waals surface area contributed by atoms with Crippen molar-refractivity contribution < 1.29 is 19.4 Å². The fourth-order valence-corrected chi connectivity index (χ4v) is 3.66. The molecule has 1 aliphatic heterocycles. The van der Waals surface area contributed by atoms with Crippen molar-refractivity contribution in [1.82, 2.24) is 10.3 Å². The van der Waals surface area contributed by atoms with E-state index in [0.29, 0.717) is 12.2 Å². The smallest absolute Gasteiger partial charge is 0.286 e. The summed E-state index contributed by atoms with van der Waals surface area (Å²) in [6.07, 6.45) is 4.93. The number of aliphatic hydroxyl groups is 1. The van der Waals surface area contributed by atoms with E-state index in [1.54, 1.807) is 6.08 Å². The van der Waals surface area contributed by atoms with E-state index in [1.165, 1.54) is 0 Å². The Bertz CT molecular complexity index is 863. The molecule has 1 fully saturated rings. The Kier molecular flexibility index (Phi) is 6.84. The number of carbonyl (C=O) groups excluding carboxylic acids is 2. The Balaban J connectivity index is 1.60. The van der Waals surface area contributed by atoms with Gasteiger partial charge in [0.25, 0.3) is 5.24 Å². The molecule has 1 saturated heterocycles. The average molecular weight is 398 g/mol. The van der Waals surface area contributed by atoms with E-state index in [-0.39, 0.29) is 29.6 Å². The zero-order valence-corrected chi connectivity index (χ0v) is 16.4. The highest BCUT2D eigenvalue weighted by Gasteiger charge is 2.31. The quantitative estimate of drug-likeness (QED) is 0.711. The summed E-state index contributed by atoms with van der Waals surface area (Å²) >= 11 is 1.02. The first kappa shape index (κ1) is 20.1. The molecule has 0 spiro atoms. The van der Waals surface area contributed by atoms with Gasteiger partial charge in [0, 0.05) is 11.8 Å². The summed E-state index contributed by atoms with van der Waals surface area (Å²) in [5, 5.41) is 10.9. The van der Waals surface area contributed by atoms with E-state index < -0.39 is 0 Å². The van der Waals surface area contributed by atoms with Crippen LogP contribution in [0.15, 0.2) is 48.7 Å². The van der Waals surface area contributed by atoms with Gasteiger partial charge in [0.1, 0.15) is 12.4 Å². The minimum atomic E-state index is -0.379. The molecule has 2 amide bonds. The van der Waals surface area contributed by atoms with Crippen LogP contribution in [0.5, 0.6) is 5.75 Å². The first-order chi connectivity index (χ1) is 13.6. The van der Waals surface area contributed by atoms with E-state index in [4.69, 9.17) is 4.74 Å². The Morgan fingerprint density at radius 2 is 1.96 bits per heavy atom. The fraction of sp³-hybridized carbons (Fsp3) is 0.286. The Morgan fingerprint density at radius 1 is 1.21 bits per heavy atom. The second kappa shape index (κ2) is 9.52. The van der Waals surface area contributed by atoms with Gasteiger partial charge >= 0.3 is 0 Å². The van der Waals surface area contributed by atoms with Crippen LogP contribution in [0.4, 0.5) is 4.79 Å². The lowest BCUT2D eigenvalue weighted by Gasteiger charge is -2.11. The zero-order chi connectivity index (χ0) is 19.9. The number of hydrogen-bond donors (Lipinski definition) is 2. The maximum Gasteiger partial charge on any atom is 0.286 e. The van der Waals surface area contributed by atoms with Gasteiger partial charge in [-0.2, -0.15) is 0 Å². The summed E-state index contributed by atoms with van der Waals surface area (Å²) in [5.74, 6) is 0.438. The van der Waals surface area contributed by atoms with E-state index in [2.05, 4.69) is 17.2 Å². The van der Waals surface area contributed by atoms with Crippen molar-refractivity contribution >= 4 is 28.5 Å². The van der Waals surface area contributed by atoms with Gasteiger partial charge < -0.3 is 9.84 Å². The van der Waals surface area contributed by atoms with Gasteiger partial charge in [-0.1, -0.05) is 43.0 Å². The van der Waals surface area contributed by atoms with Gasteiger partial charge in [-0.3, -0.25) is 19.9 Å². The molecule has 0 bridgehead atoms. The molecule has 2 heterocycles. The molecule has 2 N–H and O–H groups in total. The first-order valence-corrected chi connectivity index (χ1v) is 9.95. The number of imide groups is 1. The molecule has 28 heavy (non-hydrogen) atoms. The predicted molar refractivity (Wildman–Crippen MR) is 109 cm³/mol. The van der Waals surface area contributed by atoms with Crippen LogP contribution in [0, 0.1) is 0 Å². The zero-order valence-electron chi connectivity index (χ0n) is 15.6. The lowest BCUT2D eigenvalue weighted by molar-refractivity contribution is -0.118. The van der Waals surface area contributed by atoms with Crippen LogP contribution in [0.25, 0.3) is 5.57 Å². The van der Waals surface area contributed by atoms with Crippen LogP contribution in [-0.2, 0) is 17.6 Å². The fourth-order valence-electron chi connectivity index (χ4n) is 2.80. The molecular weight excluding hydrogens is 376 g/mol. The average Bonchev–Trinajstić information content (AvgIpc) is 3.03. The van der Waals surface area contributed by atoms with Crippen molar-refractivity contribution in [2.75, 3.05) is 13.2 Å². The number of amides is 2. The maximum absolute atomic E-state index is 11.7. The Morgan fingerprint density at radius 3 is 2.54 bits per heavy atom. The number of hydrogen-bond acceptors (Lipinski definition) is 6. The topological polar surface area (TPSA) is 88.5 Å². The van der Waals surface area contributed by atoms with Crippen LogP contribution in [0.1, 0.15) is 23.7 Å². The van der Waals surface area contributed by atoms with Crippen LogP contribution in [0.3, 0.4) is 0 Å². The van der Waals surface area contributed by atoms with Gasteiger partial charge in [-0.05, 0) is 42.2 Å². The van der Waals surface area contributed by atoms with Crippen molar-refractivity contribution in [3.8, 4) is 5.75 Å². The monoisotopic (exact) mass is 398 g/mol. The number of nitrogens with zero attached hydrogens (tertiary/aromatic N) is 1. The largest absolute Gasteiger partial charge is 0.489 e. The highest BCUT2D eigenvalue weighted by Crippen LogP contribution is 2.24. The number of pyridine rings is 1. The number of nitrogens with one attached hydrogen (secondary N) is 1. The second-order valence-corrected chi connectivity index (χ2v) is 7.51. The molecule has 0 aliphatic carbocycles. The number of thioether (sulfide) groups is 1. The number of benzene rings is 1. The summed E-state index contributed by atoms with van der Waals surface area (Å²) < 4.78 is 5.84. The molecule has 1 aromatic heterocycles. The predicted octanol–water partition coefficient (Wildman–Crippen LogP) is 2.99. The molecule has 1 atom stereocenters. The van der Waals surface area contributed by atoms with Crippen LogP contribution in [-0.4, -0.2) is 39.7 Å². The number of aromatic nitrogens is 1. The molecular formula is C21H22N2O4S. The lowest BCUT2D eigenvalue weighted by atomic mass is 10.1. The second-order valence-electron chi connectivity index (χ2n) is 6.34. The van der Waals surface area contributed by atoms with Gasteiger partial charge in [-0.25, -0.2) is 0 Å². The van der Waals surface area contributed by atoms with Gasteiger partial charge in [0.05, 0.1) is 17.6 Å². The van der Waals surface area contributed by atoms with E-state index >= 15 is 0 Å². The standard InChI is InChI=1S/C21H22N2O4S/c1-2-14-5-8-18(22-12-14)16(9-10-24)13-27-17-6-3-15(4-7-17)11-19-20(25)23-21(26)28-19/h3-9,12,19,24H,2,10-11,13H2,1H3,(H,23,25,26). The molecule has 0 radical (unpaired) electrons. The van der Waals surface area contributed by atoms with Crippen LogP contribution < -0.4 is 10.1 Å². The SMILES string of the molecule is CCc1ccc(C(=CCO)COc2ccc(CC3SC(=O)NC3=O)cc2)nc1. The van der Waals surface area contributed by atoms with E-state index in [9.17, 15) is 14.7 Å². The minimum absolute atomic E-state index is 0.0886. The van der Waals surface area contributed by atoms with Crippen LogP contribution in [0.2, 0.25) is 0 Å². The van der Waals surface area contributed by atoms with Crippen molar-refractivity contribution in [3.05, 3.63) is 65.5 Å². The lowest BCUT2D eigenvalue weighted by Crippen LogP contribution is -2.25. The number of aliphatic hydroxyl groups excluding tert-OH is 1. The van der Waals surface area contributed by atoms with Gasteiger partial charge in [0.2, 0.25) is 5.91 Å². The number of rotatable bonds is 8. The molecule has 1 aromatic carbocycles. The molecule has 2 aromatic rings. The normalized spacial score (nSPS) is 16.9. The molecule has 0 saturated carbocycles. The first-order valence-electron chi connectivity index (χ1n) is 9.07. The van der Waals surface area contributed by atoms with Gasteiger partial charge in [-0.15, -0.1) is 0 Å². The molecule has 3 rings (SSSR count). The highest BCUT2D eigenvalue weighted by atomic mass is 32.2. The van der Waals surface area contributed by atoms with Gasteiger partial charge in [0.15, 0.2) is 0 Å². The highest BCUT2D eigenvalue weighted by molar-refractivity contribution is 8.15. The van der Waals surface area contributed by atoms with E-state index in [1.807, 2.05) is 42.6 Å². The van der Waals surface area contributed by atoms with Crippen molar-refractivity contribution in [3.63, 3.8) is 0 Å². The minimum Gasteiger partial charge on any atom is -0.489 e. The Labute approximate surface area is 168 Å². The summed E-state index contributed by atoms with van der Waals surface area (Å²) in [5.41, 5.74) is 3.70. The number of aryl methyl sites for hydroxylation is 1. The van der Waals surface area contributed by atoms with E-state index in [0.717, 1.165) is 40.6 Å². The molecule has 6 nitrogen and oxygen atoms in total. The number of carbonyl (C=O) groups is 2. The van der Waals surface area contributed by atoms with Crippen molar-refractivity contribution in [2.45, 2.75) is 25.0 Å².